The van der Waals surface area contributed by atoms with Gasteiger partial charge in [0, 0.05) is 0 Å². The van der Waals surface area contributed by atoms with Gasteiger partial charge in [0.15, 0.2) is 0 Å². The van der Waals surface area contributed by atoms with Crippen molar-refractivity contribution in [3.8, 4) is 0 Å². The van der Waals surface area contributed by atoms with Gasteiger partial charge < -0.3 is 4.90 Å². The van der Waals surface area contributed by atoms with E-state index < -0.39 is 0 Å². The molecule has 1 aliphatic heterocycles. The van der Waals surface area contributed by atoms with E-state index in [1.807, 2.05) is 0 Å². The van der Waals surface area contributed by atoms with Crippen molar-refractivity contribution in [2.24, 2.45) is 11.8 Å². The van der Waals surface area contributed by atoms with Gasteiger partial charge in [-0.2, -0.15) is 0 Å². The van der Waals surface area contributed by atoms with E-state index in [0.29, 0.717) is 0 Å². The molecule has 1 saturated heterocycles. The van der Waals surface area contributed by atoms with Gasteiger partial charge in [0.25, 0.3) is 0 Å². The third kappa shape index (κ3) is 19.4. The van der Waals surface area contributed by atoms with Gasteiger partial charge in [0.1, 0.15) is 0 Å². The van der Waals surface area contributed by atoms with Crippen LogP contribution in [0.15, 0.2) is 23.3 Å². The van der Waals surface area contributed by atoms with Gasteiger partial charge >= 0.3 is 0 Å². The molecule has 1 heteroatoms. The summed E-state index contributed by atoms with van der Waals surface area (Å²) in [5, 5.41) is 0. The van der Waals surface area contributed by atoms with Crippen molar-refractivity contribution in [1.29, 1.82) is 0 Å². The number of nitrogens with zero attached hydrogens (tertiary/aromatic N) is 1. The van der Waals surface area contributed by atoms with E-state index >= 15 is 0 Å². The van der Waals surface area contributed by atoms with Crippen molar-refractivity contribution in [3.05, 3.63) is 23.3 Å². The first-order valence-corrected chi connectivity index (χ1v) is 15.0. The third-order valence-electron chi connectivity index (χ3n) is 7.90. The SMILES string of the molecule is CC1=CCCC1.CC1=CCCCC1.CC1CCCC1.CC1CCCCC1.CN1CCCCC1. The van der Waals surface area contributed by atoms with Gasteiger partial charge in [-0.25, -0.2) is 0 Å². The minimum absolute atomic E-state index is 1.04. The van der Waals surface area contributed by atoms with Crippen molar-refractivity contribution in [1.82, 2.24) is 4.90 Å². The van der Waals surface area contributed by atoms with Crippen LogP contribution in [0.5, 0.6) is 0 Å². The molecule has 0 aromatic rings. The van der Waals surface area contributed by atoms with Gasteiger partial charge in [-0.05, 0) is 104 Å². The monoisotopic (exact) mass is 459 g/mol. The highest BCUT2D eigenvalue weighted by molar-refractivity contribution is 5.03. The number of piperidine rings is 1. The van der Waals surface area contributed by atoms with Gasteiger partial charge in [0.05, 0.1) is 0 Å². The molecule has 194 valence electrons. The third-order valence-corrected chi connectivity index (χ3v) is 7.90. The fourth-order valence-electron chi connectivity index (χ4n) is 5.32. The summed E-state index contributed by atoms with van der Waals surface area (Å²) in [6.45, 7) is 11.8. The molecular formula is C32H61N. The zero-order valence-corrected chi connectivity index (χ0v) is 23.6. The van der Waals surface area contributed by atoms with E-state index in [4.69, 9.17) is 0 Å². The predicted octanol–water partition coefficient (Wildman–Crippen LogP) is 10.5. The quantitative estimate of drug-likeness (QED) is 0.325. The summed E-state index contributed by atoms with van der Waals surface area (Å²) < 4.78 is 0. The number of hydrogen-bond donors (Lipinski definition) is 0. The second-order valence-corrected chi connectivity index (χ2v) is 11.7. The molecule has 0 N–H and O–H groups in total. The standard InChI is InChI=1S/C7H14.C7H12.C6H13N.C6H12.C6H10/c3*1-7-5-3-2-4-6-7;2*1-6-4-2-3-5-6/h7H,2-6H2,1H3;5H,2-4,6H2,1H3;2-6H2,1H3;6H,2-5H2,1H3;4H,2-3,5H2,1H3. The van der Waals surface area contributed by atoms with E-state index in [1.54, 1.807) is 11.1 Å². The van der Waals surface area contributed by atoms with Crippen molar-refractivity contribution < 1.29 is 0 Å². The maximum atomic E-state index is 2.39. The van der Waals surface area contributed by atoms with E-state index in [1.165, 1.54) is 135 Å². The summed E-state index contributed by atoms with van der Waals surface area (Å²) in [6.07, 6.45) is 31.9. The summed E-state index contributed by atoms with van der Waals surface area (Å²) in [5.41, 5.74) is 3.17. The summed E-state index contributed by atoms with van der Waals surface area (Å²) in [6, 6.07) is 0. The Morgan fingerprint density at radius 1 is 0.545 bits per heavy atom. The first kappa shape index (κ1) is 30.5. The first-order chi connectivity index (χ1) is 16.0. The van der Waals surface area contributed by atoms with Crippen LogP contribution in [-0.4, -0.2) is 25.0 Å². The largest absolute Gasteiger partial charge is 0.306 e. The second-order valence-electron chi connectivity index (χ2n) is 11.7. The number of allylic oxidation sites excluding steroid dienone is 4. The molecule has 0 unspecified atom stereocenters. The molecule has 1 heterocycles. The molecule has 0 spiro atoms. The van der Waals surface area contributed by atoms with Gasteiger partial charge in [-0.3, -0.25) is 0 Å². The molecule has 33 heavy (non-hydrogen) atoms. The van der Waals surface area contributed by atoms with Crippen LogP contribution in [0.1, 0.15) is 150 Å². The highest BCUT2D eigenvalue weighted by Crippen LogP contribution is 2.23. The number of hydrogen-bond acceptors (Lipinski definition) is 1. The van der Waals surface area contributed by atoms with E-state index in [0.717, 1.165) is 11.8 Å². The minimum Gasteiger partial charge on any atom is -0.306 e. The molecule has 5 rings (SSSR count). The number of likely N-dealkylation sites (tertiary alicyclic amines) is 1. The van der Waals surface area contributed by atoms with Crippen LogP contribution in [0.25, 0.3) is 0 Å². The maximum absolute atomic E-state index is 2.39. The fraction of sp³-hybridized carbons (Fsp3) is 0.875. The Labute approximate surface area is 209 Å². The molecular weight excluding hydrogens is 398 g/mol. The Hall–Kier alpha value is -0.560. The van der Waals surface area contributed by atoms with Gasteiger partial charge in [-0.15, -0.1) is 0 Å². The van der Waals surface area contributed by atoms with E-state index in [9.17, 15) is 0 Å². The molecule has 0 atom stereocenters. The minimum atomic E-state index is 1.04. The molecule has 1 nitrogen and oxygen atoms in total. The topological polar surface area (TPSA) is 3.24 Å². The van der Waals surface area contributed by atoms with Crippen LogP contribution in [-0.2, 0) is 0 Å². The van der Waals surface area contributed by atoms with Crippen LogP contribution < -0.4 is 0 Å². The average molecular weight is 460 g/mol. The average Bonchev–Trinajstić information content (AvgIpc) is 3.51. The Balaban J connectivity index is 0.000000207. The summed E-state index contributed by atoms with van der Waals surface area (Å²) in [5.74, 6) is 2.08. The van der Waals surface area contributed by atoms with Crippen LogP contribution in [0.4, 0.5) is 0 Å². The van der Waals surface area contributed by atoms with Crippen molar-refractivity contribution >= 4 is 0 Å². The van der Waals surface area contributed by atoms with Gasteiger partial charge in [-0.1, -0.05) is 101 Å². The lowest BCUT2D eigenvalue weighted by molar-refractivity contribution is 0.277. The summed E-state index contributed by atoms with van der Waals surface area (Å²) >= 11 is 0. The Morgan fingerprint density at radius 2 is 0.970 bits per heavy atom. The summed E-state index contributed by atoms with van der Waals surface area (Å²) in [4.78, 5) is 2.39. The fourth-order valence-corrected chi connectivity index (χ4v) is 5.32. The predicted molar refractivity (Wildman–Crippen MR) is 151 cm³/mol. The zero-order valence-electron chi connectivity index (χ0n) is 23.6. The van der Waals surface area contributed by atoms with Crippen molar-refractivity contribution in [2.75, 3.05) is 20.1 Å². The number of rotatable bonds is 0. The molecule has 2 saturated carbocycles. The summed E-state index contributed by atoms with van der Waals surface area (Å²) in [7, 11) is 2.19. The van der Waals surface area contributed by atoms with Crippen LogP contribution >= 0.6 is 0 Å². The van der Waals surface area contributed by atoms with Crippen molar-refractivity contribution in [3.63, 3.8) is 0 Å². The van der Waals surface area contributed by atoms with Crippen LogP contribution in [0, 0.1) is 11.8 Å². The Morgan fingerprint density at radius 3 is 1.18 bits per heavy atom. The smallest absolute Gasteiger partial charge is 0.00218 e. The molecule has 3 fully saturated rings. The molecule has 0 amide bonds. The Kier molecular flexibility index (Phi) is 19.2. The van der Waals surface area contributed by atoms with E-state index in [2.05, 4.69) is 51.8 Å². The molecule has 0 bridgehead atoms. The molecule has 5 aliphatic rings. The zero-order chi connectivity index (χ0) is 24.2. The molecule has 0 aromatic heterocycles. The Bertz CT molecular complexity index is 469. The molecule has 0 radical (unpaired) electrons. The first-order valence-electron chi connectivity index (χ1n) is 15.0. The maximum Gasteiger partial charge on any atom is -0.00218 e. The highest BCUT2D eigenvalue weighted by Gasteiger charge is 2.07. The van der Waals surface area contributed by atoms with Gasteiger partial charge in [0.2, 0.25) is 0 Å². The van der Waals surface area contributed by atoms with Crippen LogP contribution in [0.3, 0.4) is 0 Å². The van der Waals surface area contributed by atoms with Crippen LogP contribution in [0.2, 0.25) is 0 Å². The van der Waals surface area contributed by atoms with E-state index in [-0.39, 0.29) is 0 Å². The lowest BCUT2D eigenvalue weighted by Gasteiger charge is -2.20. The lowest BCUT2D eigenvalue weighted by Crippen LogP contribution is -2.24. The normalized spacial score (nSPS) is 23.8. The highest BCUT2D eigenvalue weighted by atomic mass is 15.1. The lowest BCUT2D eigenvalue weighted by atomic mass is 9.91. The molecule has 0 aromatic carbocycles. The molecule has 4 aliphatic carbocycles. The van der Waals surface area contributed by atoms with Crippen molar-refractivity contribution in [2.45, 2.75) is 150 Å². The second kappa shape index (κ2) is 20.8.